The van der Waals surface area contributed by atoms with E-state index in [1.807, 2.05) is 44.2 Å². The predicted octanol–water partition coefficient (Wildman–Crippen LogP) is 1.52. The second-order valence-corrected chi connectivity index (χ2v) is 7.10. The van der Waals surface area contributed by atoms with E-state index >= 15 is 0 Å². The molecule has 0 aromatic heterocycles. The first-order chi connectivity index (χ1) is 12.0. The second kappa shape index (κ2) is 5.72. The van der Waals surface area contributed by atoms with Crippen LogP contribution in [0.15, 0.2) is 30.4 Å². The number of hydrogen-bond acceptors (Lipinski definition) is 4. The summed E-state index contributed by atoms with van der Waals surface area (Å²) in [5, 5.41) is 0.899. The van der Waals surface area contributed by atoms with Gasteiger partial charge in [0.1, 0.15) is 5.75 Å². The van der Waals surface area contributed by atoms with Gasteiger partial charge in [0.05, 0.1) is 11.8 Å². The van der Waals surface area contributed by atoms with Gasteiger partial charge in [0, 0.05) is 0 Å². The Morgan fingerprint density at radius 3 is 2.44 bits per heavy atom. The average Bonchev–Trinajstić information content (AvgIpc) is 3.25. The fourth-order valence-corrected chi connectivity index (χ4v) is 4.18. The first-order valence-electron chi connectivity index (χ1n) is 8.51. The monoisotopic (exact) mass is 340 g/mol. The molecule has 1 aliphatic heterocycles. The molecule has 1 heterocycles. The highest BCUT2D eigenvalue weighted by atomic mass is 16.5. The Bertz CT molecular complexity index is 771. The molecule has 130 valence electrons. The van der Waals surface area contributed by atoms with Crippen LogP contribution in [0.2, 0.25) is 0 Å². The van der Waals surface area contributed by atoms with E-state index in [9.17, 15) is 14.4 Å². The lowest BCUT2D eigenvalue weighted by molar-refractivity contribution is -0.150. The van der Waals surface area contributed by atoms with Crippen LogP contribution >= 0.6 is 0 Å². The smallest absolute Gasteiger partial charge is 0.276 e. The Balaban J connectivity index is 1.39. The lowest BCUT2D eigenvalue weighted by Crippen LogP contribution is -2.48. The number of amides is 3. The number of allylic oxidation sites excluding steroid dienone is 2. The Morgan fingerprint density at radius 2 is 1.80 bits per heavy atom. The Hall–Kier alpha value is -2.63. The van der Waals surface area contributed by atoms with Crippen molar-refractivity contribution < 1.29 is 19.1 Å². The molecule has 4 unspecified atom stereocenters. The number of aryl methyl sites for hydroxylation is 2. The van der Waals surface area contributed by atoms with Crippen molar-refractivity contribution in [2.75, 3.05) is 6.61 Å². The molecular weight excluding hydrogens is 320 g/mol. The van der Waals surface area contributed by atoms with E-state index in [1.165, 1.54) is 0 Å². The summed E-state index contributed by atoms with van der Waals surface area (Å²) in [5.41, 5.74) is 4.37. The van der Waals surface area contributed by atoms with E-state index in [-0.39, 0.29) is 42.1 Å². The standard InChI is InChI=1S/C19H20N2O4/c1-10-3-4-11(2)14(7-10)25-9-15(22)20-21-18(23)16-12-5-6-13(8-12)17(16)19(21)24/h3-7,12-13,16-17H,8-9H2,1-2H3,(H,20,22). The van der Waals surface area contributed by atoms with Gasteiger partial charge < -0.3 is 4.74 Å². The van der Waals surface area contributed by atoms with Crippen molar-refractivity contribution in [1.82, 2.24) is 10.4 Å². The maximum atomic E-state index is 12.5. The van der Waals surface area contributed by atoms with Crippen molar-refractivity contribution in [2.45, 2.75) is 20.3 Å². The lowest BCUT2D eigenvalue weighted by Gasteiger charge is -2.18. The highest BCUT2D eigenvalue weighted by molar-refractivity contribution is 6.07. The van der Waals surface area contributed by atoms with Gasteiger partial charge >= 0.3 is 0 Å². The van der Waals surface area contributed by atoms with E-state index < -0.39 is 5.91 Å². The number of nitrogens with one attached hydrogen (secondary N) is 1. The molecule has 6 nitrogen and oxygen atoms in total. The zero-order valence-corrected chi connectivity index (χ0v) is 14.2. The van der Waals surface area contributed by atoms with E-state index in [2.05, 4.69) is 5.43 Å². The molecule has 6 heteroatoms. The summed E-state index contributed by atoms with van der Waals surface area (Å²) in [6.45, 7) is 3.58. The summed E-state index contributed by atoms with van der Waals surface area (Å²) >= 11 is 0. The molecule has 25 heavy (non-hydrogen) atoms. The van der Waals surface area contributed by atoms with Crippen LogP contribution in [0.1, 0.15) is 17.5 Å². The lowest BCUT2D eigenvalue weighted by atomic mass is 9.85. The highest BCUT2D eigenvalue weighted by Crippen LogP contribution is 2.52. The molecule has 0 spiro atoms. The first-order valence-corrected chi connectivity index (χ1v) is 8.51. The third kappa shape index (κ3) is 2.52. The summed E-state index contributed by atoms with van der Waals surface area (Å²) < 4.78 is 5.54. The van der Waals surface area contributed by atoms with Gasteiger partial charge in [0.15, 0.2) is 6.61 Å². The normalized spacial score (nSPS) is 29.3. The summed E-state index contributed by atoms with van der Waals surface area (Å²) in [6, 6.07) is 5.73. The van der Waals surface area contributed by atoms with E-state index in [4.69, 9.17) is 4.74 Å². The largest absolute Gasteiger partial charge is 0.483 e. The summed E-state index contributed by atoms with van der Waals surface area (Å²) in [4.78, 5) is 37.2. The van der Waals surface area contributed by atoms with Crippen LogP contribution in [0.5, 0.6) is 5.75 Å². The van der Waals surface area contributed by atoms with Gasteiger partial charge in [0.2, 0.25) is 0 Å². The third-order valence-electron chi connectivity index (χ3n) is 5.41. The molecule has 4 rings (SSSR count). The van der Waals surface area contributed by atoms with Crippen molar-refractivity contribution in [3.8, 4) is 5.75 Å². The summed E-state index contributed by atoms with van der Waals surface area (Å²) in [5.74, 6) is -0.875. The van der Waals surface area contributed by atoms with Gasteiger partial charge in [0.25, 0.3) is 17.7 Å². The van der Waals surface area contributed by atoms with Gasteiger partial charge in [-0.1, -0.05) is 24.3 Å². The number of rotatable bonds is 4. The predicted molar refractivity (Wildman–Crippen MR) is 89.1 cm³/mol. The van der Waals surface area contributed by atoms with Gasteiger partial charge in [-0.05, 0) is 49.3 Å². The van der Waals surface area contributed by atoms with E-state index in [0.29, 0.717) is 5.75 Å². The molecule has 2 bridgehead atoms. The summed E-state index contributed by atoms with van der Waals surface area (Å²) in [6.07, 6.45) is 4.91. The topological polar surface area (TPSA) is 75.7 Å². The van der Waals surface area contributed by atoms with Gasteiger partial charge in [-0.25, -0.2) is 0 Å². The molecule has 1 N–H and O–H groups in total. The van der Waals surface area contributed by atoms with Crippen molar-refractivity contribution in [2.24, 2.45) is 23.7 Å². The van der Waals surface area contributed by atoms with Crippen molar-refractivity contribution in [3.05, 3.63) is 41.5 Å². The van der Waals surface area contributed by atoms with Crippen molar-refractivity contribution in [1.29, 1.82) is 0 Å². The van der Waals surface area contributed by atoms with Crippen LogP contribution in [-0.2, 0) is 14.4 Å². The molecule has 2 fully saturated rings. The SMILES string of the molecule is Cc1ccc(C)c(OCC(=O)NN2C(=O)C3C4C=CC(C4)C3C2=O)c1. The average molecular weight is 340 g/mol. The molecule has 3 amide bonds. The number of fused-ring (bicyclic) bond motifs is 5. The fourth-order valence-electron chi connectivity index (χ4n) is 4.18. The molecule has 2 aliphatic carbocycles. The van der Waals surface area contributed by atoms with Crippen LogP contribution in [0, 0.1) is 37.5 Å². The van der Waals surface area contributed by atoms with E-state index in [1.54, 1.807) is 0 Å². The zero-order valence-electron chi connectivity index (χ0n) is 14.2. The van der Waals surface area contributed by atoms with Crippen LogP contribution in [0.25, 0.3) is 0 Å². The van der Waals surface area contributed by atoms with Gasteiger partial charge in [-0.15, -0.1) is 0 Å². The molecule has 0 radical (unpaired) electrons. The Kier molecular flexibility index (Phi) is 3.63. The number of carbonyl (C=O) groups excluding carboxylic acids is 3. The molecule has 1 aromatic rings. The zero-order chi connectivity index (χ0) is 17.7. The van der Waals surface area contributed by atoms with Gasteiger partial charge in [-0.2, -0.15) is 5.01 Å². The molecule has 3 aliphatic rings. The molecular formula is C19H20N2O4. The fraction of sp³-hybridized carbons (Fsp3) is 0.421. The molecule has 1 saturated carbocycles. The number of hydrogen-bond donors (Lipinski definition) is 1. The van der Waals surface area contributed by atoms with Crippen LogP contribution in [0.4, 0.5) is 0 Å². The molecule has 1 saturated heterocycles. The first kappa shape index (κ1) is 15.9. The number of nitrogens with zero attached hydrogens (tertiary/aromatic N) is 1. The van der Waals surface area contributed by atoms with Crippen LogP contribution in [0.3, 0.4) is 0 Å². The maximum Gasteiger partial charge on any atom is 0.276 e. The van der Waals surface area contributed by atoms with Crippen LogP contribution < -0.4 is 10.2 Å². The Morgan fingerprint density at radius 1 is 1.16 bits per heavy atom. The second-order valence-electron chi connectivity index (χ2n) is 7.10. The maximum absolute atomic E-state index is 12.5. The number of carbonyl (C=O) groups is 3. The Labute approximate surface area is 145 Å². The molecule has 4 atom stereocenters. The minimum Gasteiger partial charge on any atom is -0.483 e. The quantitative estimate of drug-likeness (QED) is 0.666. The third-order valence-corrected chi connectivity index (χ3v) is 5.41. The molecule has 1 aromatic carbocycles. The van der Waals surface area contributed by atoms with Gasteiger partial charge in [-0.3, -0.25) is 19.8 Å². The van der Waals surface area contributed by atoms with E-state index in [0.717, 1.165) is 22.6 Å². The highest BCUT2D eigenvalue weighted by Gasteiger charge is 2.59. The number of ether oxygens (including phenoxy) is 1. The van der Waals surface area contributed by atoms with Crippen molar-refractivity contribution in [3.63, 3.8) is 0 Å². The minimum atomic E-state index is -0.511. The summed E-state index contributed by atoms with van der Waals surface area (Å²) in [7, 11) is 0. The number of benzene rings is 1. The van der Waals surface area contributed by atoms with Crippen LogP contribution in [-0.4, -0.2) is 29.3 Å². The number of imide groups is 1. The minimum absolute atomic E-state index is 0.125. The number of hydrazine groups is 1. The van der Waals surface area contributed by atoms with Crippen molar-refractivity contribution >= 4 is 17.7 Å².